The minimum atomic E-state index is -0.828. The lowest BCUT2D eigenvalue weighted by Crippen LogP contribution is -2.42. The largest absolute Gasteiger partial charge is 0.496 e. The van der Waals surface area contributed by atoms with Crippen LogP contribution in [0.5, 0.6) is 5.75 Å². The van der Waals surface area contributed by atoms with Crippen LogP contribution in [0.1, 0.15) is 22.3 Å². The van der Waals surface area contributed by atoms with Crippen molar-refractivity contribution >= 4 is 17.6 Å². The van der Waals surface area contributed by atoms with Crippen LogP contribution in [-0.4, -0.2) is 34.6 Å². The third-order valence-electron chi connectivity index (χ3n) is 4.14. The second kappa shape index (κ2) is 8.35. The fraction of sp³-hybridized carbons (Fsp3) is 0.333. The van der Waals surface area contributed by atoms with Crippen molar-refractivity contribution in [3.63, 3.8) is 0 Å². The van der Waals surface area contributed by atoms with E-state index < -0.39 is 29.6 Å². The van der Waals surface area contributed by atoms with Gasteiger partial charge < -0.3 is 15.2 Å². The van der Waals surface area contributed by atoms with Gasteiger partial charge in [0.15, 0.2) is 6.61 Å². The van der Waals surface area contributed by atoms with Crippen LogP contribution in [0.2, 0.25) is 0 Å². The highest BCUT2D eigenvalue weighted by Crippen LogP contribution is 2.19. The van der Waals surface area contributed by atoms with Crippen molar-refractivity contribution in [1.82, 2.24) is 9.13 Å². The van der Waals surface area contributed by atoms with E-state index in [0.717, 1.165) is 14.7 Å². The van der Waals surface area contributed by atoms with E-state index in [2.05, 4.69) is 0 Å². The van der Waals surface area contributed by atoms with Crippen molar-refractivity contribution in [3.05, 3.63) is 56.2 Å². The number of anilines is 1. The van der Waals surface area contributed by atoms with E-state index in [4.69, 9.17) is 15.2 Å². The molecule has 1 heterocycles. The van der Waals surface area contributed by atoms with E-state index in [9.17, 15) is 19.2 Å². The summed E-state index contributed by atoms with van der Waals surface area (Å²) < 4.78 is 11.9. The van der Waals surface area contributed by atoms with Gasteiger partial charge in [0.2, 0.25) is 5.78 Å². The number of aromatic nitrogens is 2. The van der Waals surface area contributed by atoms with E-state index in [1.54, 1.807) is 6.07 Å². The summed E-state index contributed by atoms with van der Waals surface area (Å²) in [5.41, 5.74) is 4.68. The van der Waals surface area contributed by atoms with E-state index in [1.807, 2.05) is 18.2 Å². The zero-order chi connectivity index (χ0) is 20.1. The lowest BCUT2D eigenvalue weighted by atomic mass is 10.1. The van der Waals surface area contributed by atoms with Crippen LogP contribution in [0.25, 0.3) is 0 Å². The number of nitrogens with two attached hydrogens (primary N) is 1. The molecule has 27 heavy (non-hydrogen) atoms. The molecular weight excluding hydrogens is 354 g/mol. The number of nitrogens with zero attached hydrogens (tertiary/aromatic N) is 2. The lowest BCUT2D eigenvalue weighted by Gasteiger charge is -2.11. The number of rotatable bonds is 7. The molecule has 0 atom stereocenters. The topological polar surface area (TPSA) is 123 Å². The molecule has 1 aromatic carbocycles. The van der Waals surface area contributed by atoms with Crippen molar-refractivity contribution < 1.29 is 19.1 Å². The van der Waals surface area contributed by atoms with E-state index in [0.29, 0.717) is 12.2 Å². The quantitative estimate of drug-likeness (QED) is 0.535. The normalized spacial score (nSPS) is 10.5. The van der Waals surface area contributed by atoms with Crippen molar-refractivity contribution in [2.75, 3.05) is 19.5 Å². The van der Waals surface area contributed by atoms with Gasteiger partial charge in [-0.05, 0) is 18.1 Å². The summed E-state index contributed by atoms with van der Waals surface area (Å²) in [6.45, 7) is -0.637. The molecule has 0 fully saturated rings. The molecule has 2 N–H and O–H groups in total. The molecule has 144 valence electrons. The summed E-state index contributed by atoms with van der Waals surface area (Å²) in [7, 11) is 4.11. The van der Waals surface area contributed by atoms with Gasteiger partial charge in [0.1, 0.15) is 17.1 Å². The Kier molecular flexibility index (Phi) is 6.17. The maximum absolute atomic E-state index is 12.3. The zero-order valence-corrected chi connectivity index (χ0v) is 15.4. The molecular formula is C18H21N3O6. The molecule has 1 aromatic heterocycles. The molecule has 2 rings (SSSR count). The average Bonchev–Trinajstić information content (AvgIpc) is 2.67. The Balaban J connectivity index is 2.03. The minimum Gasteiger partial charge on any atom is -0.496 e. The summed E-state index contributed by atoms with van der Waals surface area (Å²) in [6.07, 6.45) is 0.412. The smallest absolute Gasteiger partial charge is 0.332 e. The number of hydrogen-bond donors (Lipinski definition) is 1. The number of hydrogen-bond acceptors (Lipinski definition) is 7. The summed E-state index contributed by atoms with van der Waals surface area (Å²) in [5.74, 6) is -0.982. The first-order valence-electron chi connectivity index (χ1n) is 8.14. The van der Waals surface area contributed by atoms with Gasteiger partial charge in [-0.25, -0.2) is 4.79 Å². The zero-order valence-electron chi connectivity index (χ0n) is 15.4. The molecule has 0 bridgehead atoms. The third kappa shape index (κ3) is 4.25. The Morgan fingerprint density at radius 1 is 1.11 bits per heavy atom. The second-order valence-electron chi connectivity index (χ2n) is 5.86. The molecule has 2 aromatic rings. The molecule has 0 saturated heterocycles. The van der Waals surface area contributed by atoms with Gasteiger partial charge in [-0.3, -0.25) is 23.5 Å². The molecule has 9 nitrogen and oxygen atoms in total. The molecule has 0 aliphatic heterocycles. The van der Waals surface area contributed by atoms with Crippen LogP contribution in [0.15, 0.2) is 33.9 Å². The Morgan fingerprint density at radius 3 is 2.44 bits per heavy atom. The Morgan fingerprint density at radius 2 is 1.78 bits per heavy atom. The van der Waals surface area contributed by atoms with E-state index in [-0.39, 0.29) is 17.8 Å². The number of para-hydroxylation sites is 1. The summed E-state index contributed by atoms with van der Waals surface area (Å²) >= 11 is 0. The van der Waals surface area contributed by atoms with Crippen LogP contribution >= 0.6 is 0 Å². The number of carbonyl (C=O) groups is 2. The Hall–Kier alpha value is -3.36. The molecule has 0 amide bonds. The summed E-state index contributed by atoms with van der Waals surface area (Å²) in [4.78, 5) is 48.1. The van der Waals surface area contributed by atoms with Crippen LogP contribution in [0, 0.1) is 0 Å². The molecule has 0 aliphatic rings. The highest BCUT2D eigenvalue weighted by atomic mass is 16.5. The van der Waals surface area contributed by atoms with Crippen molar-refractivity contribution in [1.29, 1.82) is 0 Å². The molecule has 0 saturated carbocycles. The highest BCUT2D eigenvalue weighted by Gasteiger charge is 2.21. The first-order chi connectivity index (χ1) is 12.8. The fourth-order valence-corrected chi connectivity index (χ4v) is 2.56. The molecule has 0 spiro atoms. The van der Waals surface area contributed by atoms with Crippen LogP contribution in [0.3, 0.4) is 0 Å². The summed E-state index contributed by atoms with van der Waals surface area (Å²) in [5, 5.41) is 0. The predicted molar refractivity (Wildman–Crippen MR) is 97.9 cm³/mol. The Bertz CT molecular complexity index is 990. The molecule has 9 heteroatoms. The standard InChI is InChI=1S/C18H21N3O6/c1-20-16(19)15(17(24)21(2)18(20)25)12(22)10-27-14(23)9-8-11-6-4-5-7-13(11)26-3/h4-7H,8-10,19H2,1-3H3. The molecule has 0 radical (unpaired) electrons. The van der Waals surface area contributed by atoms with Gasteiger partial charge in [-0.2, -0.15) is 0 Å². The van der Waals surface area contributed by atoms with Crippen molar-refractivity contribution in [2.45, 2.75) is 12.8 Å². The number of nitrogen functional groups attached to an aromatic ring is 1. The predicted octanol–water partition coefficient (Wildman–Crippen LogP) is 0.0335. The number of aryl methyl sites for hydroxylation is 1. The summed E-state index contributed by atoms with van der Waals surface area (Å²) in [6, 6.07) is 7.25. The molecule has 0 unspecified atom stereocenters. The Labute approximate surface area is 154 Å². The number of ketones is 1. The minimum absolute atomic E-state index is 0.0361. The average molecular weight is 375 g/mol. The first kappa shape index (κ1) is 20.0. The van der Waals surface area contributed by atoms with Crippen LogP contribution < -0.4 is 21.7 Å². The van der Waals surface area contributed by atoms with Gasteiger partial charge >= 0.3 is 11.7 Å². The highest BCUT2D eigenvalue weighted by molar-refractivity contribution is 6.01. The monoisotopic (exact) mass is 375 g/mol. The maximum Gasteiger partial charge on any atom is 0.332 e. The van der Waals surface area contributed by atoms with E-state index >= 15 is 0 Å². The lowest BCUT2D eigenvalue weighted by molar-refractivity contribution is -0.142. The SMILES string of the molecule is COc1ccccc1CCC(=O)OCC(=O)c1c(N)n(C)c(=O)n(C)c1=O. The fourth-order valence-electron chi connectivity index (χ4n) is 2.56. The number of methoxy groups -OCH3 is 1. The number of Topliss-reactive ketones (excluding diaryl/α,β-unsaturated/α-hetero) is 1. The number of carbonyl (C=O) groups excluding carboxylic acids is 2. The van der Waals surface area contributed by atoms with Crippen molar-refractivity contribution in [3.8, 4) is 5.75 Å². The van der Waals surface area contributed by atoms with Crippen LogP contribution in [0.4, 0.5) is 5.82 Å². The van der Waals surface area contributed by atoms with Crippen LogP contribution in [-0.2, 0) is 30.0 Å². The number of ether oxygens (including phenoxy) is 2. The van der Waals surface area contributed by atoms with Gasteiger partial charge in [-0.1, -0.05) is 18.2 Å². The maximum atomic E-state index is 12.3. The van der Waals surface area contributed by atoms with Gasteiger partial charge in [-0.15, -0.1) is 0 Å². The van der Waals surface area contributed by atoms with Gasteiger partial charge in [0.25, 0.3) is 5.56 Å². The van der Waals surface area contributed by atoms with Gasteiger partial charge in [0.05, 0.1) is 7.11 Å². The number of benzene rings is 1. The van der Waals surface area contributed by atoms with Crippen molar-refractivity contribution in [2.24, 2.45) is 14.1 Å². The van der Waals surface area contributed by atoms with E-state index in [1.165, 1.54) is 21.2 Å². The van der Waals surface area contributed by atoms with Gasteiger partial charge in [0, 0.05) is 20.5 Å². The third-order valence-corrected chi connectivity index (χ3v) is 4.14. The number of esters is 1. The first-order valence-corrected chi connectivity index (χ1v) is 8.14. The second-order valence-corrected chi connectivity index (χ2v) is 5.86. The molecule has 0 aliphatic carbocycles.